The maximum atomic E-state index is 12.6. The first-order chi connectivity index (χ1) is 13.5. The number of nitrogens with one attached hydrogen (secondary N) is 1. The van der Waals surface area contributed by atoms with Gasteiger partial charge in [-0.2, -0.15) is 0 Å². The first-order valence-electron chi connectivity index (χ1n) is 8.66. The van der Waals surface area contributed by atoms with Gasteiger partial charge in [-0.05, 0) is 76.9 Å². The van der Waals surface area contributed by atoms with Crippen LogP contribution in [0.5, 0.6) is 5.75 Å². The van der Waals surface area contributed by atoms with E-state index in [1.165, 1.54) is 0 Å². The van der Waals surface area contributed by atoms with Gasteiger partial charge in [0.05, 0.1) is 11.6 Å². The van der Waals surface area contributed by atoms with Crippen LogP contribution in [0.4, 0.5) is 5.69 Å². The van der Waals surface area contributed by atoms with Gasteiger partial charge in [-0.15, -0.1) is 0 Å². The van der Waals surface area contributed by atoms with Crippen LogP contribution in [0.3, 0.4) is 0 Å². The van der Waals surface area contributed by atoms with Crippen LogP contribution in [0.2, 0.25) is 0 Å². The lowest BCUT2D eigenvalue weighted by Gasteiger charge is -2.08. The van der Waals surface area contributed by atoms with Crippen LogP contribution < -0.4 is 10.1 Å². The zero-order valence-corrected chi connectivity index (χ0v) is 16.9. The molecule has 6 heteroatoms. The minimum absolute atomic E-state index is 0.214. The molecule has 1 N–H and O–H groups in total. The molecule has 0 fully saturated rings. The van der Waals surface area contributed by atoms with Crippen LogP contribution in [0.1, 0.15) is 15.9 Å². The van der Waals surface area contributed by atoms with E-state index in [9.17, 15) is 4.79 Å². The van der Waals surface area contributed by atoms with E-state index in [2.05, 4.69) is 26.2 Å². The van der Waals surface area contributed by atoms with E-state index in [0.717, 1.165) is 26.7 Å². The molecule has 3 aromatic carbocycles. The number of hydrogen-bond donors (Lipinski definition) is 1. The molecule has 1 amide bonds. The number of fused-ring (bicyclic) bond motifs is 1. The molecular formula is C22H17BrN2O3. The second-order valence-electron chi connectivity index (χ2n) is 6.37. The third-order valence-electron chi connectivity index (χ3n) is 4.33. The van der Waals surface area contributed by atoms with E-state index in [0.29, 0.717) is 22.9 Å². The Morgan fingerprint density at radius 1 is 1.11 bits per heavy atom. The van der Waals surface area contributed by atoms with Crippen molar-refractivity contribution in [3.63, 3.8) is 0 Å². The van der Waals surface area contributed by atoms with Gasteiger partial charge in [-0.25, -0.2) is 4.98 Å². The van der Waals surface area contributed by atoms with Gasteiger partial charge in [0, 0.05) is 16.8 Å². The molecule has 1 aromatic heterocycles. The number of carbonyl (C=O) groups is 1. The lowest BCUT2D eigenvalue weighted by atomic mass is 10.1. The Hall–Kier alpha value is -3.12. The molecule has 0 bridgehead atoms. The first kappa shape index (κ1) is 18.3. The summed E-state index contributed by atoms with van der Waals surface area (Å²) in [5.41, 5.74) is 4.64. The molecule has 0 aliphatic rings. The second-order valence-corrected chi connectivity index (χ2v) is 7.23. The summed E-state index contributed by atoms with van der Waals surface area (Å²) < 4.78 is 11.8. The fraction of sp³-hybridized carbons (Fsp3) is 0.0909. The smallest absolute Gasteiger partial charge is 0.255 e. The summed E-state index contributed by atoms with van der Waals surface area (Å²) in [5, 5.41) is 2.91. The largest absolute Gasteiger partial charge is 0.496 e. The SMILES string of the molecule is COc1ccc(C(=O)Nc2cccc(-c3nc4ccc(C)cc4o3)c2)cc1Br. The van der Waals surface area contributed by atoms with Crippen molar-refractivity contribution in [2.45, 2.75) is 6.92 Å². The molecule has 1 heterocycles. The van der Waals surface area contributed by atoms with Gasteiger partial charge in [0.15, 0.2) is 5.58 Å². The number of ether oxygens (including phenoxy) is 1. The molecule has 0 spiro atoms. The van der Waals surface area contributed by atoms with Crippen molar-refractivity contribution in [2.75, 3.05) is 12.4 Å². The normalized spacial score (nSPS) is 10.8. The number of methoxy groups -OCH3 is 1. The molecule has 0 aliphatic carbocycles. The third kappa shape index (κ3) is 3.64. The van der Waals surface area contributed by atoms with E-state index >= 15 is 0 Å². The Morgan fingerprint density at radius 3 is 2.75 bits per heavy atom. The summed E-state index contributed by atoms with van der Waals surface area (Å²) in [7, 11) is 1.58. The van der Waals surface area contributed by atoms with Crippen LogP contribution in [-0.4, -0.2) is 18.0 Å². The number of carbonyl (C=O) groups excluding carboxylic acids is 1. The fourth-order valence-corrected chi connectivity index (χ4v) is 3.44. The standard InChI is InChI=1S/C22H17BrN2O3/c1-13-6-8-18-20(10-13)28-22(25-18)15-4-3-5-16(11-15)24-21(26)14-7-9-19(27-2)17(23)12-14/h3-12H,1-2H3,(H,24,26). The summed E-state index contributed by atoms with van der Waals surface area (Å²) in [6.45, 7) is 2.01. The maximum absolute atomic E-state index is 12.6. The van der Waals surface area contributed by atoms with Crippen molar-refractivity contribution in [3.05, 3.63) is 76.3 Å². The van der Waals surface area contributed by atoms with E-state index in [4.69, 9.17) is 9.15 Å². The van der Waals surface area contributed by atoms with Crippen LogP contribution in [0.25, 0.3) is 22.6 Å². The average molecular weight is 437 g/mol. The summed E-state index contributed by atoms with van der Waals surface area (Å²) in [5.74, 6) is 0.974. The quantitative estimate of drug-likeness (QED) is 0.437. The summed E-state index contributed by atoms with van der Waals surface area (Å²) in [4.78, 5) is 17.1. The predicted octanol–water partition coefficient (Wildman–Crippen LogP) is 5.83. The summed E-state index contributed by atoms with van der Waals surface area (Å²) in [6.07, 6.45) is 0. The van der Waals surface area contributed by atoms with Crippen molar-refractivity contribution in [1.29, 1.82) is 0 Å². The van der Waals surface area contributed by atoms with Gasteiger partial charge in [-0.1, -0.05) is 12.1 Å². The lowest BCUT2D eigenvalue weighted by molar-refractivity contribution is 0.102. The van der Waals surface area contributed by atoms with Crippen LogP contribution in [-0.2, 0) is 0 Å². The van der Waals surface area contributed by atoms with Crippen molar-refractivity contribution in [1.82, 2.24) is 4.98 Å². The Morgan fingerprint density at radius 2 is 1.96 bits per heavy atom. The number of rotatable bonds is 4. The minimum Gasteiger partial charge on any atom is -0.496 e. The zero-order chi connectivity index (χ0) is 19.7. The number of amides is 1. The molecule has 4 aromatic rings. The number of aromatic nitrogens is 1. The third-order valence-corrected chi connectivity index (χ3v) is 4.95. The first-order valence-corrected chi connectivity index (χ1v) is 9.45. The minimum atomic E-state index is -0.214. The lowest BCUT2D eigenvalue weighted by Crippen LogP contribution is -2.11. The number of halogens is 1. The van der Waals surface area contributed by atoms with Gasteiger partial charge < -0.3 is 14.5 Å². The Labute approximate surface area is 170 Å². The monoisotopic (exact) mass is 436 g/mol. The number of nitrogens with zero attached hydrogens (tertiary/aromatic N) is 1. The Kier molecular flexibility index (Phi) is 4.88. The Balaban J connectivity index is 1.59. The molecule has 0 aliphatic heterocycles. The van der Waals surface area contributed by atoms with Crippen molar-refractivity contribution in [2.24, 2.45) is 0 Å². The highest BCUT2D eigenvalue weighted by atomic mass is 79.9. The van der Waals surface area contributed by atoms with Crippen LogP contribution >= 0.6 is 15.9 Å². The fourth-order valence-electron chi connectivity index (χ4n) is 2.90. The highest BCUT2D eigenvalue weighted by Crippen LogP contribution is 2.28. The van der Waals surface area contributed by atoms with E-state index < -0.39 is 0 Å². The topological polar surface area (TPSA) is 64.4 Å². The predicted molar refractivity (Wildman–Crippen MR) is 113 cm³/mol. The van der Waals surface area contributed by atoms with Gasteiger partial charge in [0.25, 0.3) is 5.91 Å². The maximum Gasteiger partial charge on any atom is 0.255 e. The number of benzene rings is 3. The summed E-state index contributed by atoms with van der Waals surface area (Å²) >= 11 is 3.40. The summed E-state index contributed by atoms with van der Waals surface area (Å²) in [6, 6.07) is 18.5. The molecule has 0 saturated heterocycles. The van der Waals surface area contributed by atoms with Gasteiger partial charge in [0.1, 0.15) is 11.3 Å². The number of aryl methyl sites for hydroxylation is 1. The molecular weight excluding hydrogens is 420 g/mol. The van der Waals surface area contributed by atoms with E-state index in [-0.39, 0.29) is 5.91 Å². The molecule has 4 rings (SSSR count). The van der Waals surface area contributed by atoms with Crippen LogP contribution in [0, 0.1) is 6.92 Å². The van der Waals surface area contributed by atoms with Crippen molar-refractivity contribution in [3.8, 4) is 17.2 Å². The zero-order valence-electron chi connectivity index (χ0n) is 15.3. The second kappa shape index (κ2) is 7.48. The highest BCUT2D eigenvalue weighted by Gasteiger charge is 2.12. The molecule has 0 radical (unpaired) electrons. The molecule has 5 nitrogen and oxygen atoms in total. The van der Waals surface area contributed by atoms with E-state index in [1.807, 2.05) is 49.4 Å². The molecule has 0 saturated carbocycles. The molecule has 0 unspecified atom stereocenters. The van der Waals surface area contributed by atoms with Gasteiger partial charge in [0.2, 0.25) is 5.89 Å². The van der Waals surface area contributed by atoms with Crippen molar-refractivity contribution < 1.29 is 13.9 Å². The average Bonchev–Trinajstić information content (AvgIpc) is 3.11. The number of hydrogen-bond acceptors (Lipinski definition) is 4. The molecule has 28 heavy (non-hydrogen) atoms. The molecule has 0 atom stereocenters. The number of anilines is 1. The van der Waals surface area contributed by atoms with Gasteiger partial charge in [-0.3, -0.25) is 4.79 Å². The van der Waals surface area contributed by atoms with Crippen molar-refractivity contribution >= 4 is 38.6 Å². The van der Waals surface area contributed by atoms with E-state index in [1.54, 1.807) is 25.3 Å². The van der Waals surface area contributed by atoms with Gasteiger partial charge >= 0.3 is 0 Å². The molecule has 140 valence electrons. The van der Waals surface area contributed by atoms with Crippen LogP contribution in [0.15, 0.2) is 69.6 Å². The highest BCUT2D eigenvalue weighted by molar-refractivity contribution is 9.10. The Bertz CT molecular complexity index is 1180. The number of oxazole rings is 1.